The summed E-state index contributed by atoms with van der Waals surface area (Å²) in [6, 6.07) is 5.74. The Labute approximate surface area is 134 Å². The first-order chi connectivity index (χ1) is 10.7. The van der Waals surface area contributed by atoms with Gasteiger partial charge in [-0.1, -0.05) is 22.8 Å². The van der Waals surface area contributed by atoms with Gasteiger partial charge in [-0.2, -0.15) is 4.98 Å². The summed E-state index contributed by atoms with van der Waals surface area (Å²) in [4.78, 5) is 6.52. The number of benzene rings is 1. The molecule has 1 fully saturated rings. The maximum Gasteiger partial charge on any atom is 0.223 e. The normalized spacial score (nSPS) is 19.3. The maximum atomic E-state index is 6.31. The number of hydrogen-bond acceptors (Lipinski definition) is 6. The van der Waals surface area contributed by atoms with Gasteiger partial charge < -0.3 is 14.0 Å². The molecule has 2 heterocycles. The van der Waals surface area contributed by atoms with Crippen molar-refractivity contribution in [1.29, 1.82) is 0 Å². The number of ether oxygens (including phenoxy) is 2. The highest BCUT2D eigenvalue weighted by molar-refractivity contribution is 6.31. The largest absolute Gasteiger partial charge is 0.497 e. The van der Waals surface area contributed by atoms with E-state index in [4.69, 9.17) is 25.6 Å². The molecule has 118 valence electrons. The van der Waals surface area contributed by atoms with Crippen LogP contribution in [0.4, 0.5) is 0 Å². The van der Waals surface area contributed by atoms with Gasteiger partial charge in [-0.25, -0.2) is 0 Å². The molecule has 0 aliphatic carbocycles. The lowest BCUT2D eigenvalue weighted by molar-refractivity contribution is -0.0380. The summed E-state index contributed by atoms with van der Waals surface area (Å²) in [6.45, 7) is 4.71. The van der Waals surface area contributed by atoms with Gasteiger partial charge in [0, 0.05) is 31.6 Å². The molecular weight excluding hydrogens is 306 g/mol. The first kappa shape index (κ1) is 15.3. The summed E-state index contributed by atoms with van der Waals surface area (Å²) in [6.07, 6.45) is -0.164. The summed E-state index contributed by atoms with van der Waals surface area (Å²) >= 11 is 6.31. The molecule has 0 radical (unpaired) electrons. The summed E-state index contributed by atoms with van der Waals surface area (Å²) in [5.74, 6) is 1.91. The van der Waals surface area contributed by atoms with Crippen molar-refractivity contribution in [2.45, 2.75) is 19.6 Å². The minimum absolute atomic E-state index is 0.164. The second kappa shape index (κ2) is 6.64. The van der Waals surface area contributed by atoms with Crippen LogP contribution in [0, 0.1) is 6.92 Å². The van der Waals surface area contributed by atoms with Crippen LogP contribution in [0.2, 0.25) is 5.02 Å². The Balaban J connectivity index is 1.67. The number of halogens is 1. The van der Waals surface area contributed by atoms with Crippen molar-refractivity contribution < 1.29 is 14.0 Å². The van der Waals surface area contributed by atoms with Gasteiger partial charge in [0.05, 0.1) is 13.7 Å². The number of aryl methyl sites for hydroxylation is 1. The van der Waals surface area contributed by atoms with Gasteiger partial charge in [0.2, 0.25) is 11.7 Å². The predicted molar refractivity (Wildman–Crippen MR) is 81.0 cm³/mol. The molecule has 0 N–H and O–H groups in total. The zero-order chi connectivity index (χ0) is 15.5. The molecule has 1 saturated heterocycles. The predicted octanol–water partition coefficient (Wildman–Crippen LogP) is 2.61. The molecular formula is C15H18ClN3O3. The Bertz CT molecular complexity index is 647. The van der Waals surface area contributed by atoms with Gasteiger partial charge in [-0.05, 0) is 17.7 Å². The van der Waals surface area contributed by atoms with Crippen LogP contribution < -0.4 is 4.74 Å². The second-order valence-electron chi connectivity index (χ2n) is 5.22. The molecule has 0 amide bonds. The fourth-order valence-electron chi connectivity index (χ4n) is 2.47. The van der Waals surface area contributed by atoms with E-state index >= 15 is 0 Å². The van der Waals surface area contributed by atoms with Gasteiger partial charge in [-0.3, -0.25) is 4.90 Å². The van der Waals surface area contributed by atoms with Crippen LogP contribution in [0.1, 0.15) is 23.4 Å². The van der Waals surface area contributed by atoms with Crippen molar-refractivity contribution in [3.05, 3.63) is 40.5 Å². The lowest BCUT2D eigenvalue weighted by Crippen LogP contribution is -2.38. The second-order valence-corrected chi connectivity index (χ2v) is 5.63. The zero-order valence-electron chi connectivity index (χ0n) is 12.6. The lowest BCUT2D eigenvalue weighted by atomic mass is 10.1. The Morgan fingerprint density at radius 2 is 2.32 bits per heavy atom. The van der Waals surface area contributed by atoms with Gasteiger partial charge in [0.15, 0.2) is 0 Å². The van der Waals surface area contributed by atoms with E-state index in [2.05, 4.69) is 15.0 Å². The Kier molecular flexibility index (Phi) is 4.61. The van der Waals surface area contributed by atoms with Crippen LogP contribution in [0.25, 0.3) is 0 Å². The van der Waals surface area contributed by atoms with Crippen LogP contribution in [-0.2, 0) is 11.3 Å². The van der Waals surface area contributed by atoms with Gasteiger partial charge >= 0.3 is 0 Å². The summed E-state index contributed by atoms with van der Waals surface area (Å²) < 4.78 is 15.9. The topological polar surface area (TPSA) is 60.6 Å². The van der Waals surface area contributed by atoms with Gasteiger partial charge in [0.25, 0.3) is 0 Å². The van der Waals surface area contributed by atoms with Crippen molar-refractivity contribution in [2.24, 2.45) is 0 Å². The van der Waals surface area contributed by atoms with E-state index < -0.39 is 0 Å². The van der Waals surface area contributed by atoms with E-state index in [0.29, 0.717) is 29.9 Å². The van der Waals surface area contributed by atoms with E-state index in [1.54, 1.807) is 14.0 Å². The number of nitrogens with zero attached hydrogens (tertiary/aromatic N) is 3. The van der Waals surface area contributed by atoms with E-state index in [1.165, 1.54) is 0 Å². The number of aromatic nitrogens is 2. The molecule has 1 aliphatic rings. The fourth-order valence-corrected chi connectivity index (χ4v) is 2.70. The van der Waals surface area contributed by atoms with E-state index in [0.717, 1.165) is 24.4 Å². The van der Waals surface area contributed by atoms with Crippen LogP contribution in [0.5, 0.6) is 5.75 Å². The molecule has 7 heteroatoms. The average Bonchev–Trinajstić information content (AvgIpc) is 2.96. The third kappa shape index (κ3) is 3.40. The molecule has 6 nitrogen and oxygen atoms in total. The Morgan fingerprint density at radius 1 is 1.45 bits per heavy atom. The molecule has 1 aromatic heterocycles. The minimum Gasteiger partial charge on any atom is -0.497 e. The third-order valence-electron chi connectivity index (χ3n) is 3.64. The van der Waals surface area contributed by atoms with Gasteiger partial charge in [-0.15, -0.1) is 0 Å². The standard InChI is InChI=1S/C15H18ClN3O3/c1-10-17-15(18-22-10)14-9-19(5-6-21-14)8-11-3-4-12(20-2)7-13(11)16/h3-4,7,14H,5-6,8-9H2,1-2H3. The van der Waals surface area contributed by atoms with E-state index in [1.807, 2.05) is 18.2 Å². The van der Waals surface area contributed by atoms with Crippen LogP contribution in [0.15, 0.2) is 22.7 Å². The zero-order valence-corrected chi connectivity index (χ0v) is 13.3. The number of morpholine rings is 1. The molecule has 1 aromatic carbocycles. The smallest absolute Gasteiger partial charge is 0.223 e. The fraction of sp³-hybridized carbons (Fsp3) is 0.467. The number of methoxy groups -OCH3 is 1. The molecule has 3 rings (SSSR count). The molecule has 0 spiro atoms. The summed E-state index contributed by atoms with van der Waals surface area (Å²) in [5.41, 5.74) is 1.06. The van der Waals surface area contributed by atoms with E-state index in [-0.39, 0.29) is 6.10 Å². The summed E-state index contributed by atoms with van der Waals surface area (Å²) in [7, 11) is 1.63. The first-order valence-corrected chi connectivity index (χ1v) is 7.50. The highest BCUT2D eigenvalue weighted by Crippen LogP contribution is 2.26. The van der Waals surface area contributed by atoms with Crippen molar-refractivity contribution >= 4 is 11.6 Å². The van der Waals surface area contributed by atoms with Crippen molar-refractivity contribution in [3.8, 4) is 5.75 Å². The molecule has 1 unspecified atom stereocenters. The molecule has 1 aliphatic heterocycles. The molecule has 2 aromatic rings. The number of rotatable bonds is 4. The monoisotopic (exact) mass is 323 g/mol. The highest BCUT2D eigenvalue weighted by atomic mass is 35.5. The number of hydrogen-bond donors (Lipinski definition) is 0. The molecule has 22 heavy (non-hydrogen) atoms. The van der Waals surface area contributed by atoms with Gasteiger partial charge in [0.1, 0.15) is 11.9 Å². The first-order valence-electron chi connectivity index (χ1n) is 7.12. The maximum absolute atomic E-state index is 6.31. The van der Waals surface area contributed by atoms with Crippen molar-refractivity contribution in [3.63, 3.8) is 0 Å². The molecule has 1 atom stereocenters. The van der Waals surface area contributed by atoms with Crippen LogP contribution in [0.3, 0.4) is 0 Å². The Morgan fingerprint density at radius 3 is 3.00 bits per heavy atom. The average molecular weight is 324 g/mol. The van der Waals surface area contributed by atoms with Crippen LogP contribution in [-0.4, -0.2) is 41.8 Å². The summed E-state index contributed by atoms with van der Waals surface area (Å²) in [5, 5.41) is 4.65. The molecule has 0 saturated carbocycles. The van der Waals surface area contributed by atoms with Crippen molar-refractivity contribution in [1.82, 2.24) is 15.0 Å². The molecule has 0 bridgehead atoms. The third-order valence-corrected chi connectivity index (χ3v) is 3.99. The lowest BCUT2D eigenvalue weighted by Gasteiger charge is -2.31. The SMILES string of the molecule is COc1ccc(CN2CCOC(c3noc(C)n3)C2)c(Cl)c1. The quantitative estimate of drug-likeness (QED) is 0.862. The Hall–Kier alpha value is -1.63. The van der Waals surface area contributed by atoms with E-state index in [9.17, 15) is 0 Å². The minimum atomic E-state index is -0.164. The highest BCUT2D eigenvalue weighted by Gasteiger charge is 2.26. The van der Waals surface area contributed by atoms with Crippen LogP contribution >= 0.6 is 11.6 Å². The van der Waals surface area contributed by atoms with Crippen molar-refractivity contribution in [2.75, 3.05) is 26.8 Å².